The molecule has 0 bridgehead atoms. The highest BCUT2D eigenvalue weighted by Crippen LogP contribution is 2.43. The topological polar surface area (TPSA) is 95.1 Å². The van der Waals surface area contributed by atoms with Crippen molar-refractivity contribution in [2.24, 2.45) is 11.8 Å². The Bertz CT molecular complexity index is 1260. The number of sulfonamides is 2. The maximum atomic E-state index is 13.5. The summed E-state index contributed by atoms with van der Waals surface area (Å²) in [5, 5.41) is 0. The van der Waals surface area contributed by atoms with E-state index in [1.165, 1.54) is 10.4 Å². The van der Waals surface area contributed by atoms with Gasteiger partial charge in [0, 0.05) is 25.5 Å². The highest BCUT2D eigenvalue weighted by Gasteiger charge is 2.56. The van der Waals surface area contributed by atoms with E-state index in [0.717, 1.165) is 16.1 Å². The molecule has 4 rings (SSSR count). The standard InChI is InChI=1S/C23H27N3O5S2/c1-17(2)21-22-20(26(23(21)27)32(3,28)29)12-15-25(22)33(30,31)19-10-8-18(9-11-19)16-24-13-6-4-5-7-14-24/h4-14,17,21-22H,15-16H2,1-3H3/t21-,22+/m1/s1. The van der Waals surface area contributed by atoms with Crippen LogP contribution in [0, 0.1) is 11.8 Å². The first-order valence-corrected chi connectivity index (χ1v) is 13.9. The Morgan fingerprint density at radius 2 is 1.58 bits per heavy atom. The van der Waals surface area contributed by atoms with E-state index in [-0.39, 0.29) is 23.1 Å². The SMILES string of the molecule is CC(C)[C@H]1C(=O)N(S(C)(=O)=O)C2=CCN(S(=O)(=O)c3ccc(CN4C=CC=CC=C4)cc3)[C@@H]21. The van der Waals surface area contributed by atoms with Gasteiger partial charge in [0.15, 0.2) is 0 Å². The second kappa shape index (κ2) is 8.58. The first-order valence-electron chi connectivity index (χ1n) is 10.6. The molecule has 8 nitrogen and oxygen atoms in total. The number of hydrogen-bond acceptors (Lipinski definition) is 6. The van der Waals surface area contributed by atoms with Crippen molar-refractivity contribution >= 4 is 26.0 Å². The minimum absolute atomic E-state index is 0.0168. The second-order valence-corrected chi connectivity index (χ2v) is 12.4. The lowest BCUT2D eigenvalue weighted by Crippen LogP contribution is -2.42. The zero-order valence-electron chi connectivity index (χ0n) is 18.7. The minimum Gasteiger partial charge on any atom is -0.350 e. The minimum atomic E-state index is -3.95. The molecule has 0 N–H and O–H groups in total. The van der Waals surface area contributed by atoms with E-state index in [9.17, 15) is 21.6 Å². The van der Waals surface area contributed by atoms with Gasteiger partial charge >= 0.3 is 0 Å². The van der Waals surface area contributed by atoms with Gasteiger partial charge in [0.05, 0.1) is 28.8 Å². The third-order valence-electron chi connectivity index (χ3n) is 5.99. The fourth-order valence-corrected chi connectivity index (χ4v) is 7.07. The van der Waals surface area contributed by atoms with Crippen LogP contribution in [0.3, 0.4) is 0 Å². The van der Waals surface area contributed by atoms with Crippen molar-refractivity contribution in [1.82, 2.24) is 13.5 Å². The van der Waals surface area contributed by atoms with Crippen LogP contribution in [0.1, 0.15) is 19.4 Å². The van der Waals surface area contributed by atoms with Crippen LogP contribution in [0.15, 0.2) is 77.6 Å². The Balaban J connectivity index is 1.61. The number of hydrogen-bond donors (Lipinski definition) is 0. The molecule has 0 radical (unpaired) electrons. The summed E-state index contributed by atoms with van der Waals surface area (Å²) in [6, 6.07) is 5.81. The van der Waals surface area contributed by atoms with Gasteiger partial charge in [-0.05, 0) is 41.8 Å². The Morgan fingerprint density at radius 3 is 2.12 bits per heavy atom. The summed E-state index contributed by atoms with van der Waals surface area (Å²) in [6.07, 6.45) is 14.0. The molecule has 3 aliphatic rings. The van der Waals surface area contributed by atoms with E-state index >= 15 is 0 Å². The van der Waals surface area contributed by atoms with Crippen LogP contribution in [0.25, 0.3) is 0 Å². The first-order chi connectivity index (χ1) is 15.5. The molecule has 2 atom stereocenters. The average molecular weight is 490 g/mol. The molecule has 1 aromatic rings. The van der Waals surface area contributed by atoms with Crippen molar-refractivity contribution in [1.29, 1.82) is 0 Å². The van der Waals surface area contributed by atoms with Gasteiger partial charge in [0.25, 0.3) is 0 Å². The van der Waals surface area contributed by atoms with Gasteiger partial charge in [-0.25, -0.2) is 21.1 Å². The molecule has 33 heavy (non-hydrogen) atoms. The maximum absolute atomic E-state index is 13.5. The maximum Gasteiger partial charge on any atom is 0.245 e. The first kappa shape index (κ1) is 23.5. The van der Waals surface area contributed by atoms with E-state index < -0.39 is 37.9 Å². The summed E-state index contributed by atoms with van der Waals surface area (Å²) < 4.78 is 53.6. The van der Waals surface area contributed by atoms with Crippen molar-refractivity contribution in [3.8, 4) is 0 Å². The third-order valence-corrected chi connectivity index (χ3v) is 8.90. The number of nitrogens with zero attached hydrogens (tertiary/aromatic N) is 3. The number of allylic oxidation sites excluding steroid dienone is 4. The summed E-state index contributed by atoms with van der Waals surface area (Å²) in [4.78, 5) is 15.0. The normalized spacial score (nSPS) is 23.4. The van der Waals surface area contributed by atoms with Crippen molar-refractivity contribution < 1.29 is 21.6 Å². The summed E-state index contributed by atoms with van der Waals surface area (Å²) in [5.74, 6) is -1.58. The van der Waals surface area contributed by atoms with Crippen molar-refractivity contribution in [2.45, 2.75) is 31.3 Å². The molecular formula is C23H27N3O5S2. The smallest absolute Gasteiger partial charge is 0.245 e. The van der Waals surface area contributed by atoms with Crippen molar-refractivity contribution in [3.63, 3.8) is 0 Å². The molecule has 3 aliphatic heterocycles. The Labute approximate surface area is 195 Å². The van der Waals surface area contributed by atoms with Gasteiger partial charge in [0.1, 0.15) is 0 Å². The fourth-order valence-electron chi connectivity index (χ4n) is 4.50. The molecule has 176 valence electrons. The number of rotatable bonds is 6. The Kier molecular flexibility index (Phi) is 6.10. The lowest BCUT2D eigenvalue weighted by atomic mass is 9.90. The highest BCUT2D eigenvalue weighted by atomic mass is 32.2. The molecule has 0 aromatic heterocycles. The predicted octanol–water partition coefficient (Wildman–Crippen LogP) is 2.42. The zero-order chi connectivity index (χ0) is 24.0. The number of amides is 1. The van der Waals surface area contributed by atoms with E-state index in [2.05, 4.69) is 0 Å². The van der Waals surface area contributed by atoms with Crippen LogP contribution in [0.2, 0.25) is 0 Å². The van der Waals surface area contributed by atoms with Gasteiger partial charge in [-0.1, -0.05) is 38.1 Å². The molecule has 1 amide bonds. The largest absolute Gasteiger partial charge is 0.350 e. The predicted molar refractivity (Wildman–Crippen MR) is 125 cm³/mol. The molecule has 1 saturated heterocycles. The Hall–Kier alpha value is -2.69. The van der Waals surface area contributed by atoms with Crippen LogP contribution in [-0.4, -0.2) is 55.1 Å². The number of benzene rings is 1. The molecule has 10 heteroatoms. The average Bonchev–Trinajstić information content (AvgIpc) is 3.14. The molecule has 1 fully saturated rings. The molecule has 0 saturated carbocycles. The number of carbonyl (C=O) groups is 1. The van der Waals surface area contributed by atoms with Gasteiger partial charge in [0.2, 0.25) is 26.0 Å². The summed E-state index contributed by atoms with van der Waals surface area (Å²) >= 11 is 0. The summed E-state index contributed by atoms with van der Waals surface area (Å²) in [7, 11) is -7.81. The van der Waals surface area contributed by atoms with Crippen molar-refractivity contribution in [2.75, 3.05) is 12.8 Å². The van der Waals surface area contributed by atoms with Gasteiger partial charge in [-0.2, -0.15) is 4.31 Å². The lowest BCUT2D eigenvalue weighted by molar-refractivity contribution is -0.128. The van der Waals surface area contributed by atoms with E-state index in [4.69, 9.17) is 0 Å². The van der Waals surface area contributed by atoms with Crippen LogP contribution >= 0.6 is 0 Å². The molecule has 1 aromatic carbocycles. The van der Waals surface area contributed by atoms with Gasteiger partial charge < -0.3 is 4.90 Å². The fraction of sp³-hybridized carbons (Fsp3) is 0.348. The quantitative estimate of drug-likeness (QED) is 0.609. The molecule has 0 spiro atoms. The van der Waals surface area contributed by atoms with Crippen LogP contribution in [0.5, 0.6) is 0 Å². The third kappa shape index (κ3) is 4.30. The van der Waals surface area contributed by atoms with E-state index in [0.29, 0.717) is 6.54 Å². The van der Waals surface area contributed by atoms with Crippen molar-refractivity contribution in [3.05, 3.63) is 78.3 Å². The van der Waals surface area contributed by atoms with Gasteiger partial charge in [-0.15, -0.1) is 0 Å². The molecule has 0 unspecified atom stereocenters. The Morgan fingerprint density at radius 1 is 0.970 bits per heavy atom. The zero-order valence-corrected chi connectivity index (χ0v) is 20.3. The van der Waals surface area contributed by atoms with E-state index in [1.807, 2.05) is 41.6 Å². The molecule has 3 heterocycles. The summed E-state index contributed by atoms with van der Waals surface area (Å²) in [6.45, 7) is 4.19. The molecule has 0 aliphatic carbocycles. The van der Waals surface area contributed by atoms with Crippen LogP contribution in [0.4, 0.5) is 0 Å². The van der Waals surface area contributed by atoms with Gasteiger partial charge in [-0.3, -0.25) is 4.79 Å². The summed E-state index contributed by atoms with van der Waals surface area (Å²) in [5.41, 5.74) is 1.17. The second-order valence-electron chi connectivity index (χ2n) is 8.67. The number of fused-ring (bicyclic) bond motifs is 1. The van der Waals surface area contributed by atoms with Crippen LogP contribution < -0.4 is 0 Å². The monoisotopic (exact) mass is 489 g/mol. The highest BCUT2D eigenvalue weighted by molar-refractivity contribution is 7.89. The molecular weight excluding hydrogens is 462 g/mol. The number of carbonyl (C=O) groups excluding carboxylic acids is 1. The lowest BCUT2D eigenvalue weighted by Gasteiger charge is -2.28. The van der Waals surface area contributed by atoms with E-state index in [1.54, 1.807) is 38.1 Å². The van der Waals surface area contributed by atoms with Crippen LogP contribution in [-0.2, 0) is 31.4 Å².